The van der Waals surface area contributed by atoms with E-state index in [2.05, 4.69) is 40.1 Å². The van der Waals surface area contributed by atoms with E-state index in [0.717, 1.165) is 25.7 Å². The minimum Gasteiger partial charge on any atom is -0.462 e. The molecular formula is C16H26N12O4. The summed E-state index contributed by atoms with van der Waals surface area (Å²) < 4.78 is 10.3. The van der Waals surface area contributed by atoms with Crippen molar-refractivity contribution in [3.8, 4) is 0 Å². The summed E-state index contributed by atoms with van der Waals surface area (Å²) in [6, 6.07) is 0. The number of nitrogens with zero attached hydrogens (tertiary/aromatic N) is 12. The first kappa shape index (κ1) is 28.2. The van der Waals surface area contributed by atoms with E-state index in [-0.39, 0.29) is 39.0 Å². The van der Waals surface area contributed by atoms with E-state index in [9.17, 15) is 9.59 Å². The van der Waals surface area contributed by atoms with Gasteiger partial charge in [0.15, 0.2) is 0 Å². The number of hydrogen-bond acceptors (Lipinski definition) is 8. The highest BCUT2D eigenvalue weighted by Crippen LogP contribution is 2.11. The van der Waals surface area contributed by atoms with Crippen LogP contribution in [-0.2, 0) is 19.1 Å². The molecule has 32 heavy (non-hydrogen) atoms. The maximum Gasteiger partial charge on any atom is 0.306 e. The van der Waals surface area contributed by atoms with Gasteiger partial charge in [0.1, 0.15) is 12.2 Å². The molecule has 0 saturated carbocycles. The third-order valence-corrected chi connectivity index (χ3v) is 4.00. The van der Waals surface area contributed by atoms with Crippen LogP contribution in [0.4, 0.5) is 0 Å². The van der Waals surface area contributed by atoms with Gasteiger partial charge in [-0.15, -0.1) is 0 Å². The second kappa shape index (κ2) is 20.5. The van der Waals surface area contributed by atoms with Crippen LogP contribution in [0.15, 0.2) is 20.5 Å². The Hall–Kier alpha value is -3.82. The van der Waals surface area contributed by atoms with Gasteiger partial charge < -0.3 is 9.47 Å². The smallest absolute Gasteiger partial charge is 0.306 e. The van der Waals surface area contributed by atoms with E-state index in [4.69, 9.17) is 31.6 Å². The Morgan fingerprint density at radius 2 is 0.844 bits per heavy atom. The SMILES string of the molecule is [N-]=[N+]=NCC(CN=[N+]=[N-])OC(=O)CCCCCCCCC(=O)OC(CN=[N+]=[N-])CN=[N+]=[N-]. The molecule has 0 unspecified atom stereocenters. The number of rotatable bonds is 19. The van der Waals surface area contributed by atoms with E-state index in [1.54, 1.807) is 0 Å². The van der Waals surface area contributed by atoms with Gasteiger partial charge in [-0.05, 0) is 35.0 Å². The van der Waals surface area contributed by atoms with Crippen LogP contribution in [-0.4, -0.2) is 50.3 Å². The van der Waals surface area contributed by atoms with Crippen molar-refractivity contribution < 1.29 is 19.1 Å². The highest BCUT2D eigenvalue weighted by molar-refractivity contribution is 5.69. The zero-order valence-electron chi connectivity index (χ0n) is 17.6. The maximum absolute atomic E-state index is 11.8. The van der Waals surface area contributed by atoms with Gasteiger partial charge in [-0.3, -0.25) is 9.59 Å². The second-order valence-electron chi connectivity index (χ2n) is 6.50. The summed E-state index contributed by atoms with van der Waals surface area (Å²) in [6.07, 6.45) is 3.46. The number of esters is 2. The summed E-state index contributed by atoms with van der Waals surface area (Å²) in [6.45, 7) is -0.383. The highest BCUT2D eigenvalue weighted by atomic mass is 16.5. The molecule has 0 radical (unpaired) electrons. The lowest BCUT2D eigenvalue weighted by molar-refractivity contribution is -0.149. The van der Waals surface area contributed by atoms with Crippen molar-refractivity contribution in [2.75, 3.05) is 26.2 Å². The van der Waals surface area contributed by atoms with Crippen molar-refractivity contribution in [1.82, 2.24) is 0 Å². The third kappa shape index (κ3) is 17.1. The lowest BCUT2D eigenvalue weighted by Crippen LogP contribution is -2.23. The lowest BCUT2D eigenvalue weighted by atomic mass is 10.1. The molecule has 16 nitrogen and oxygen atoms in total. The largest absolute Gasteiger partial charge is 0.462 e. The Labute approximate surface area is 183 Å². The number of ether oxygens (including phenoxy) is 2. The summed E-state index contributed by atoms with van der Waals surface area (Å²) in [5.74, 6) is -0.898. The van der Waals surface area contributed by atoms with Crippen LogP contribution in [0.3, 0.4) is 0 Å². The molecule has 0 fully saturated rings. The van der Waals surface area contributed by atoms with Gasteiger partial charge in [0.25, 0.3) is 0 Å². The zero-order chi connectivity index (χ0) is 23.9. The molecule has 174 valence electrons. The van der Waals surface area contributed by atoms with E-state index in [1.807, 2.05) is 0 Å². The van der Waals surface area contributed by atoms with Crippen molar-refractivity contribution in [3.05, 3.63) is 41.8 Å². The van der Waals surface area contributed by atoms with Gasteiger partial charge in [-0.2, -0.15) is 0 Å². The van der Waals surface area contributed by atoms with Crippen LogP contribution in [0.2, 0.25) is 0 Å². The number of carbonyl (C=O) groups excluding carboxylic acids is 2. The standard InChI is InChI=1S/C16H26N12O4/c17-25-21-9-13(10-22-26-18)31-15(29)7-5-3-1-2-4-6-8-16(30)32-14(11-23-27-19)12-24-28-20/h13-14H,1-12H2. The monoisotopic (exact) mass is 450 g/mol. The Morgan fingerprint density at radius 1 is 0.562 bits per heavy atom. The molecule has 0 saturated heterocycles. The average molecular weight is 450 g/mol. The molecule has 0 amide bonds. The van der Waals surface area contributed by atoms with Crippen LogP contribution >= 0.6 is 0 Å². The maximum atomic E-state index is 11.8. The fourth-order valence-electron chi connectivity index (χ4n) is 2.51. The van der Waals surface area contributed by atoms with Gasteiger partial charge in [-0.25, -0.2) is 0 Å². The Bertz CT molecular complexity index is 661. The van der Waals surface area contributed by atoms with Gasteiger partial charge in [-0.1, -0.05) is 46.1 Å². The van der Waals surface area contributed by atoms with Crippen LogP contribution < -0.4 is 0 Å². The summed E-state index contributed by atoms with van der Waals surface area (Å²) >= 11 is 0. The molecule has 0 aromatic rings. The van der Waals surface area contributed by atoms with Crippen molar-refractivity contribution in [2.24, 2.45) is 20.5 Å². The number of carbonyl (C=O) groups is 2. The molecule has 0 aliphatic heterocycles. The van der Waals surface area contributed by atoms with Crippen LogP contribution in [0.5, 0.6) is 0 Å². The van der Waals surface area contributed by atoms with Gasteiger partial charge in [0.05, 0.1) is 26.2 Å². The third-order valence-electron chi connectivity index (χ3n) is 4.00. The zero-order valence-corrected chi connectivity index (χ0v) is 17.6. The number of azide groups is 4. The van der Waals surface area contributed by atoms with E-state index < -0.39 is 24.1 Å². The van der Waals surface area contributed by atoms with Crippen LogP contribution in [0.25, 0.3) is 41.8 Å². The first-order valence-electron chi connectivity index (χ1n) is 9.99. The predicted molar refractivity (Wildman–Crippen MR) is 113 cm³/mol. The van der Waals surface area contributed by atoms with Crippen molar-refractivity contribution >= 4 is 11.9 Å². The molecule has 0 atom stereocenters. The lowest BCUT2D eigenvalue weighted by Gasteiger charge is -2.13. The summed E-state index contributed by atoms with van der Waals surface area (Å²) in [4.78, 5) is 34.0. The summed E-state index contributed by atoms with van der Waals surface area (Å²) in [5.41, 5.74) is 33.3. The van der Waals surface area contributed by atoms with E-state index in [1.165, 1.54) is 0 Å². The molecule has 0 spiro atoms. The summed E-state index contributed by atoms with van der Waals surface area (Å²) in [5, 5.41) is 13.3. The van der Waals surface area contributed by atoms with Gasteiger partial charge >= 0.3 is 11.9 Å². The second-order valence-corrected chi connectivity index (χ2v) is 6.50. The molecule has 0 rings (SSSR count). The fourth-order valence-corrected chi connectivity index (χ4v) is 2.51. The molecule has 0 aromatic heterocycles. The predicted octanol–water partition coefficient (Wildman–Crippen LogP) is 5.17. The minimum atomic E-state index is -0.771. The van der Waals surface area contributed by atoms with Crippen molar-refractivity contribution in [3.63, 3.8) is 0 Å². The highest BCUT2D eigenvalue weighted by Gasteiger charge is 2.14. The van der Waals surface area contributed by atoms with E-state index in [0.29, 0.717) is 12.8 Å². The Morgan fingerprint density at radius 3 is 1.12 bits per heavy atom. The molecular weight excluding hydrogens is 424 g/mol. The molecule has 0 aliphatic rings. The Kier molecular flexibility index (Phi) is 18.0. The van der Waals surface area contributed by atoms with Crippen LogP contribution in [0, 0.1) is 0 Å². The van der Waals surface area contributed by atoms with Gasteiger partial charge in [0, 0.05) is 32.5 Å². The minimum absolute atomic E-state index is 0.0957. The Balaban J connectivity index is 3.93. The summed E-state index contributed by atoms with van der Waals surface area (Å²) in [7, 11) is 0. The molecule has 0 aromatic carbocycles. The first-order valence-corrected chi connectivity index (χ1v) is 9.99. The molecule has 0 aliphatic carbocycles. The normalized spacial score (nSPS) is 11.4. The van der Waals surface area contributed by atoms with Gasteiger partial charge in [0.2, 0.25) is 0 Å². The van der Waals surface area contributed by atoms with Crippen molar-refractivity contribution in [1.29, 1.82) is 0 Å². The number of unbranched alkanes of at least 4 members (excludes halogenated alkanes) is 5. The van der Waals surface area contributed by atoms with E-state index >= 15 is 0 Å². The first-order chi connectivity index (χ1) is 15.6. The molecule has 16 heteroatoms. The fraction of sp³-hybridized carbons (Fsp3) is 0.875. The van der Waals surface area contributed by atoms with Crippen molar-refractivity contribution in [2.45, 2.75) is 63.6 Å². The molecule has 0 N–H and O–H groups in total. The topological polar surface area (TPSA) is 248 Å². The quantitative estimate of drug-likeness (QED) is 0.0847. The molecule has 0 heterocycles. The number of hydrogen-bond donors (Lipinski definition) is 0. The average Bonchev–Trinajstić information content (AvgIpc) is 2.79. The molecule has 0 bridgehead atoms. The van der Waals surface area contributed by atoms with Crippen LogP contribution in [0.1, 0.15) is 51.4 Å².